The summed E-state index contributed by atoms with van der Waals surface area (Å²) in [5.74, 6) is 1.50. The van der Waals surface area contributed by atoms with Crippen LogP contribution in [0, 0.1) is 5.92 Å². The SMILES string of the molecule is C=CC(=C)N1CCOc2ccc(S(C)(=O)=O)cc21.CC(C)C. The highest BCUT2D eigenvalue weighted by Crippen LogP contribution is 2.35. The number of allylic oxidation sites excluding steroid dienone is 1. The van der Waals surface area contributed by atoms with Crippen LogP contribution in [-0.2, 0) is 9.84 Å². The van der Waals surface area contributed by atoms with Gasteiger partial charge in [-0.3, -0.25) is 0 Å². The summed E-state index contributed by atoms with van der Waals surface area (Å²) >= 11 is 0. The molecule has 0 bridgehead atoms. The Morgan fingerprint density at radius 3 is 2.45 bits per heavy atom. The summed E-state index contributed by atoms with van der Waals surface area (Å²) in [6.45, 7) is 15.2. The summed E-state index contributed by atoms with van der Waals surface area (Å²) in [5.41, 5.74) is 1.44. The number of fused-ring (bicyclic) bond motifs is 1. The lowest BCUT2D eigenvalue weighted by Gasteiger charge is -2.31. The Balaban J connectivity index is 0.000000541. The van der Waals surface area contributed by atoms with Gasteiger partial charge in [0.2, 0.25) is 0 Å². The molecule has 1 aliphatic heterocycles. The van der Waals surface area contributed by atoms with Crippen LogP contribution < -0.4 is 9.64 Å². The Morgan fingerprint density at radius 2 is 1.95 bits per heavy atom. The molecule has 0 amide bonds. The molecule has 0 saturated carbocycles. The molecule has 22 heavy (non-hydrogen) atoms. The van der Waals surface area contributed by atoms with Crippen molar-refractivity contribution in [3.63, 3.8) is 0 Å². The van der Waals surface area contributed by atoms with Crippen molar-refractivity contribution >= 4 is 15.5 Å². The maximum absolute atomic E-state index is 11.6. The van der Waals surface area contributed by atoms with E-state index < -0.39 is 9.84 Å². The lowest BCUT2D eigenvalue weighted by molar-refractivity contribution is 0.312. The molecule has 1 heterocycles. The van der Waals surface area contributed by atoms with Crippen molar-refractivity contribution in [2.24, 2.45) is 5.92 Å². The lowest BCUT2D eigenvalue weighted by Crippen LogP contribution is -2.31. The van der Waals surface area contributed by atoms with Gasteiger partial charge in [-0.1, -0.05) is 33.9 Å². The number of hydrogen-bond acceptors (Lipinski definition) is 4. The van der Waals surface area contributed by atoms with E-state index >= 15 is 0 Å². The van der Waals surface area contributed by atoms with Crippen molar-refractivity contribution in [3.8, 4) is 5.75 Å². The highest BCUT2D eigenvalue weighted by molar-refractivity contribution is 7.90. The van der Waals surface area contributed by atoms with Crippen molar-refractivity contribution in [1.29, 1.82) is 0 Å². The van der Waals surface area contributed by atoms with Gasteiger partial charge >= 0.3 is 0 Å². The number of rotatable bonds is 3. The summed E-state index contributed by atoms with van der Waals surface area (Å²) in [4.78, 5) is 2.18. The van der Waals surface area contributed by atoms with Gasteiger partial charge in [0, 0.05) is 12.0 Å². The normalized spacial score (nSPS) is 13.6. The minimum absolute atomic E-state index is 0.272. The largest absolute Gasteiger partial charge is 0.490 e. The van der Waals surface area contributed by atoms with E-state index in [1.165, 1.54) is 6.26 Å². The molecular weight excluding hydrogens is 298 g/mol. The molecule has 1 aromatic rings. The van der Waals surface area contributed by atoms with Crippen molar-refractivity contribution < 1.29 is 13.2 Å². The van der Waals surface area contributed by atoms with Crippen LogP contribution in [0.5, 0.6) is 5.75 Å². The molecule has 0 aromatic heterocycles. The summed E-state index contributed by atoms with van der Waals surface area (Å²) in [7, 11) is -3.23. The third-order valence-electron chi connectivity index (χ3n) is 2.80. The summed E-state index contributed by atoms with van der Waals surface area (Å²) in [5, 5.41) is 0. The number of ether oxygens (including phenoxy) is 1. The Bertz CT molecular complexity index is 645. The van der Waals surface area contributed by atoms with E-state index in [9.17, 15) is 8.42 Å². The number of nitrogens with zero attached hydrogens (tertiary/aromatic N) is 1. The first kappa shape index (κ1) is 18.3. The van der Waals surface area contributed by atoms with E-state index in [0.29, 0.717) is 24.6 Å². The molecule has 2 rings (SSSR count). The van der Waals surface area contributed by atoms with Crippen molar-refractivity contribution in [1.82, 2.24) is 0 Å². The minimum Gasteiger partial charge on any atom is -0.490 e. The maximum atomic E-state index is 11.6. The van der Waals surface area contributed by atoms with Crippen LogP contribution in [-0.4, -0.2) is 27.8 Å². The van der Waals surface area contributed by atoms with E-state index in [0.717, 1.165) is 11.6 Å². The van der Waals surface area contributed by atoms with Crippen LogP contribution in [0.2, 0.25) is 0 Å². The first-order chi connectivity index (χ1) is 10.2. The molecule has 1 aromatic carbocycles. The second kappa shape index (κ2) is 7.49. The van der Waals surface area contributed by atoms with Crippen LogP contribution in [0.4, 0.5) is 5.69 Å². The zero-order valence-corrected chi connectivity index (χ0v) is 14.6. The topological polar surface area (TPSA) is 46.6 Å². The average molecular weight is 323 g/mol. The van der Waals surface area contributed by atoms with Gasteiger partial charge in [-0.25, -0.2) is 8.42 Å². The highest BCUT2D eigenvalue weighted by Gasteiger charge is 2.21. The molecule has 0 unspecified atom stereocenters. The van der Waals surface area contributed by atoms with Crippen LogP contribution >= 0.6 is 0 Å². The lowest BCUT2D eigenvalue weighted by atomic mass is 10.2. The molecule has 0 N–H and O–H groups in total. The zero-order chi connectivity index (χ0) is 16.9. The quantitative estimate of drug-likeness (QED) is 0.797. The first-order valence-electron chi connectivity index (χ1n) is 7.22. The summed E-state index contributed by atoms with van der Waals surface area (Å²) in [6.07, 6.45) is 2.83. The second-order valence-corrected chi connectivity index (χ2v) is 7.85. The molecule has 0 spiro atoms. The third-order valence-corrected chi connectivity index (χ3v) is 3.91. The predicted molar refractivity (Wildman–Crippen MR) is 92.2 cm³/mol. The van der Waals surface area contributed by atoms with E-state index in [2.05, 4.69) is 33.9 Å². The first-order valence-corrected chi connectivity index (χ1v) is 9.11. The Hall–Kier alpha value is -1.75. The van der Waals surface area contributed by atoms with E-state index in [1.54, 1.807) is 24.3 Å². The van der Waals surface area contributed by atoms with Crippen LogP contribution in [0.15, 0.2) is 48.0 Å². The van der Waals surface area contributed by atoms with Crippen LogP contribution in [0.1, 0.15) is 20.8 Å². The zero-order valence-electron chi connectivity index (χ0n) is 13.8. The number of anilines is 1. The predicted octanol–water partition coefficient (Wildman–Crippen LogP) is 3.65. The van der Waals surface area contributed by atoms with E-state index in [1.807, 2.05) is 4.90 Å². The molecule has 0 atom stereocenters. The molecule has 5 heteroatoms. The highest BCUT2D eigenvalue weighted by atomic mass is 32.2. The van der Waals surface area contributed by atoms with Gasteiger partial charge in [0.25, 0.3) is 0 Å². The number of benzene rings is 1. The van der Waals surface area contributed by atoms with Crippen LogP contribution in [0.25, 0.3) is 0 Å². The van der Waals surface area contributed by atoms with Gasteiger partial charge in [-0.15, -0.1) is 0 Å². The van der Waals surface area contributed by atoms with Crippen molar-refractivity contribution in [3.05, 3.63) is 43.1 Å². The van der Waals surface area contributed by atoms with Crippen LogP contribution in [0.3, 0.4) is 0 Å². The molecule has 0 saturated heterocycles. The minimum atomic E-state index is -3.23. The van der Waals surface area contributed by atoms with Gasteiger partial charge in [-0.2, -0.15) is 0 Å². The maximum Gasteiger partial charge on any atom is 0.175 e. The molecule has 0 radical (unpaired) electrons. The summed E-state index contributed by atoms with van der Waals surface area (Å²) in [6, 6.07) is 4.83. The molecule has 0 aliphatic carbocycles. The van der Waals surface area contributed by atoms with Crippen molar-refractivity contribution in [2.75, 3.05) is 24.3 Å². The molecular formula is C17H25NO3S. The smallest absolute Gasteiger partial charge is 0.175 e. The number of sulfone groups is 1. The molecule has 1 aliphatic rings. The monoisotopic (exact) mass is 323 g/mol. The Labute approximate surface area is 134 Å². The molecule has 122 valence electrons. The fourth-order valence-corrected chi connectivity index (χ4v) is 2.48. The second-order valence-electron chi connectivity index (χ2n) is 5.83. The van der Waals surface area contributed by atoms with Gasteiger partial charge in [-0.05, 0) is 30.2 Å². The fourth-order valence-electron chi connectivity index (χ4n) is 1.84. The van der Waals surface area contributed by atoms with E-state index in [-0.39, 0.29) is 4.90 Å². The van der Waals surface area contributed by atoms with Gasteiger partial charge in [0.1, 0.15) is 12.4 Å². The van der Waals surface area contributed by atoms with Gasteiger partial charge < -0.3 is 9.64 Å². The average Bonchev–Trinajstić information content (AvgIpc) is 2.43. The Morgan fingerprint density at radius 1 is 1.36 bits per heavy atom. The standard InChI is InChI=1S/C13H15NO3S.C4H10/c1-4-10(2)14-7-8-17-13-6-5-11(9-12(13)14)18(3,15)16;1-4(2)3/h4-6,9H,1-2,7-8H2,3H3;4H,1-3H3. The van der Waals surface area contributed by atoms with Gasteiger partial charge in [0.15, 0.2) is 9.84 Å². The number of hydrogen-bond donors (Lipinski definition) is 0. The van der Waals surface area contributed by atoms with Crippen molar-refractivity contribution in [2.45, 2.75) is 25.7 Å². The van der Waals surface area contributed by atoms with E-state index in [4.69, 9.17) is 4.74 Å². The Kier molecular flexibility index (Phi) is 6.23. The third kappa shape index (κ3) is 4.91. The fraction of sp³-hybridized carbons (Fsp3) is 0.412. The molecule has 4 nitrogen and oxygen atoms in total. The van der Waals surface area contributed by atoms with Gasteiger partial charge in [0.05, 0.1) is 17.1 Å². The summed E-state index contributed by atoms with van der Waals surface area (Å²) < 4.78 is 28.6. The molecule has 0 fully saturated rings.